The van der Waals surface area contributed by atoms with Gasteiger partial charge >= 0.3 is 0 Å². The Labute approximate surface area is 122 Å². The van der Waals surface area contributed by atoms with E-state index in [4.69, 9.17) is 23.2 Å². The Morgan fingerprint density at radius 2 is 1.74 bits per heavy atom. The first-order valence-electron chi connectivity index (χ1n) is 6.13. The van der Waals surface area contributed by atoms with E-state index in [2.05, 4.69) is 42.0 Å². The van der Waals surface area contributed by atoms with Gasteiger partial charge in [0.05, 0.1) is 6.54 Å². The van der Waals surface area contributed by atoms with Crippen LogP contribution in [-0.2, 0) is 6.54 Å². The van der Waals surface area contributed by atoms with E-state index in [1.807, 2.05) is 18.2 Å². The van der Waals surface area contributed by atoms with Gasteiger partial charge in [0.1, 0.15) is 0 Å². The molecule has 0 atom stereocenters. The maximum Gasteiger partial charge on any atom is 0.0505 e. The maximum absolute atomic E-state index is 6.23. The van der Waals surface area contributed by atoms with Crippen molar-refractivity contribution in [2.75, 3.05) is 0 Å². The lowest BCUT2D eigenvalue weighted by molar-refractivity contribution is 0.837. The van der Waals surface area contributed by atoms with Crippen molar-refractivity contribution in [3.05, 3.63) is 69.8 Å². The number of benzene rings is 2. The standard InChI is InChI=1S/C16H13Cl2N/c1-11-5-6-16-12(9-11)7-8-19(16)10-13-14(17)3-2-4-15(13)18/h2-9H,10H2,1H3. The fourth-order valence-corrected chi connectivity index (χ4v) is 2.83. The van der Waals surface area contributed by atoms with E-state index in [1.165, 1.54) is 16.5 Å². The molecule has 0 spiro atoms. The minimum atomic E-state index is 0.686. The molecule has 0 saturated heterocycles. The monoisotopic (exact) mass is 289 g/mol. The number of nitrogens with zero attached hydrogens (tertiary/aromatic N) is 1. The number of hydrogen-bond acceptors (Lipinski definition) is 0. The van der Waals surface area contributed by atoms with Gasteiger partial charge in [0, 0.05) is 27.3 Å². The van der Waals surface area contributed by atoms with Crippen LogP contribution >= 0.6 is 23.2 Å². The van der Waals surface area contributed by atoms with Crippen LogP contribution in [0.3, 0.4) is 0 Å². The van der Waals surface area contributed by atoms with Crippen molar-refractivity contribution in [3.63, 3.8) is 0 Å². The Bertz CT molecular complexity index is 723. The van der Waals surface area contributed by atoms with Crippen molar-refractivity contribution in [1.82, 2.24) is 4.57 Å². The third-order valence-electron chi connectivity index (χ3n) is 3.32. The molecule has 96 valence electrons. The highest BCUT2D eigenvalue weighted by Gasteiger charge is 2.08. The summed E-state index contributed by atoms with van der Waals surface area (Å²) in [4.78, 5) is 0. The third-order valence-corrected chi connectivity index (χ3v) is 4.02. The largest absolute Gasteiger partial charge is 0.343 e. The second-order valence-corrected chi connectivity index (χ2v) is 5.52. The topological polar surface area (TPSA) is 4.93 Å². The lowest BCUT2D eigenvalue weighted by Crippen LogP contribution is -1.99. The Kier molecular flexibility index (Phi) is 3.26. The molecular weight excluding hydrogens is 277 g/mol. The molecule has 0 N–H and O–H groups in total. The molecule has 0 aliphatic heterocycles. The summed E-state index contributed by atoms with van der Waals surface area (Å²) in [7, 11) is 0. The lowest BCUT2D eigenvalue weighted by atomic mass is 10.2. The molecule has 3 aromatic rings. The smallest absolute Gasteiger partial charge is 0.0505 e. The lowest BCUT2D eigenvalue weighted by Gasteiger charge is -2.09. The summed E-state index contributed by atoms with van der Waals surface area (Å²) in [5.74, 6) is 0. The predicted octanol–water partition coefficient (Wildman–Crippen LogP) is 5.30. The highest BCUT2D eigenvalue weighted by atomic mass is 35.5. The van der Waals surface area contributed by atoms with E-state index in [9.17, 15) is 0 Å². The van der Waals surface area contributed by atoms with Gasteiger partial charge < -0.3 is 4.57 Å². The number of aromatic nitrogens is 1. The zero-order valence-electron chi connectivity index (χ0n) is 10.5. The zero-order chi connectivity index (χ0) is 13.4. The second-order valence-electron chi connectivity index (χ2n) is 4.71. The minimum absolute atomic E-state index is 0.686. The van der Waals surface area contributed by atoms with Gasteiger partial charge in [-0.25, -0.2) is 0 Å². The Morgan fingerprint density at radius 1 is 1.00 bits per heavy atom. The SMILES string of the molecule is Cc1ccc2c(ccn2Cc2c(Cl)cccc2Cl)c1. The van der Waals surface area contributed by atoms with Crippen LogP contribution < -0.4 is 0 Å². The molecule has 0 bridgehead atoms. The molecule has 3 rings (SSSR count). The molecule has 19 heavy (non-hydrogen) atoms. The van der Waals surface area contributed by atoms with Crippen LogP contribution in [0.25, 0.3) is 10.9 Å². The van der Waals surface area contributed by atoms with Crippen LogP contribution in [0.4, 0.5) is 0 Å². The van der Waals surface area contributed by atoms with Gasteiger partial charge in [-0.3, -0.25) is 0 Å². The minimum Gasteiger partial charge on any atom is -0.343 e. The van der Waals surface area contributed by atoms with Crippen molar-refractivity contribution >= 4 is 34.1 Å². The van der Waals surface area contributed by atoms with Crippen molar-refractivity contribution in [3.8, 4) is 0 Å². The van der Waals surface area contributed by atoms with Gasteiger partial charge in [-0.15, -0.1) is 0 Å². The second kappa shape index (κ2) is 4.92. The summed E-state index contributed by atoms with van der Waals surface area (Å²) in [5.41, 5.74) is 3.42. The molecule has 3 heteroatoms. The molecule has 0 aliphatic rings. The van der Waals surface area contributed by atoms with Crippen LogP contribution in [0.5, 0.6) is 0 Å². The molecule has 2 aromatic carbocycles. The normalized spacial score (nSPS) is 11.1. The van der Waals surface area contributed by atoms with Crippen molar-refractivity contribution in [1.29, 1.82) is 0 Å². The molecule has 0 aliphatic carbocycles. The molecule has 1 heterocycles. The van der Waals surface area contributed by atoms with Crippen LogP contribution in [-0.4, -0.2) is 4.57 Å². The summed E-state index contributed by atoms with van der Waals surface area (Å²) in [6.07, 6.45) is 2.07. The van der Waals surface area contributed by atoms with Crippen LogP contribution in [0.2, 0.25) is 10.0 Å². The third kappa shape index (κ3) is 2.36. The highest BCUT2D eigenvalue weighted by Crippen LogP contribution is 2.27. The van der Waals surface area contributed by atoms with Gasteiger partial charge in [0.15, 0.2) is 0 Å². The van der Waals surface area contributed by atoms with E-state index in [-0.39, 0.29) is 0 Å². The molecule has 0 fully saturated rings. The summed E-state index contributed by atoms with van der Waals surface area (Å²) in [6, 6.07) is 14.2. The molecule has 0 saturated carbocycles. The highest BCUT2D eigenvalue weighted by molar-refractivity contribution is 6.36. The number of fused-ring (bicyclic) bond motifs is 1. The van der Waals surface area contributed by atoms with E-state index in [1.54, 1.807) is 0 Å². The number of aryl methyl sites for hydroxylation is 1. The van der Waals surface area contributed by atoms with Crippen molar-refractivity contribution < 1.29 is 0 Å². The van der Waals surface area contributed by atoms with Crippen LogP contribution in [0.1, 0.15) is 11.1 Å². The first-order valence-corrected chi connectivity index (χ1v) is 6.89. The molecule has 1 aromatic heterocycles. The zero-order valence-corrected chi connectivity index (χ0v) is 12.0. The summed E-state index contributed by atoms with van der Waals surface area (Å²) < 4.78 is 2.17. The van der Waals surface area contributed by atoms with Crippen molar-refractivity contribution in [2.24, 2.45) is 0 Å². The molecule has 0 amide bonds. The van der Waals surface area contributed by atoms with Crippen LogP contribution in [0, 0.1) is 6.92 Å². The summed E-state index contributed by atoms with van der Waals surface area (Å²) in [5, 5.41) is 2.66. The van der Waals surface area contributed by atoms with Crippen LogP contribution in [0.15, 0.2) is 48.7 Å². The Hall–Kier alpha value is -1.44. The van der Waals surface area contributed by atoms with Gasteiger partial charge in [-0.05, 0) is 42.6 Å². The summed E-state index contributed by atoms with van der Waals surface area (Å²) >= 11 is 12.5. The quantitative estimate of drug-likeness (QED) is 0.603. The molecular formula is C16H13Cl2N. The summed E-state index contributed by atoms with van der Waals surface area (Å²) in [6.45, 7) is 2.78. The maximum atomic E-state index is 6.23. The molecule has 0 unspecified atom stereocenters. The van der Waals surface area contributed by atoms with E-state index < -0.39 is 0 Å². The fourth-order valence-electron chi connectivity index (χ4n) is 2.31. The first kappa shape index (κ1) is 12.6. The molecule has 1 nitrogen and oxygen atoms in total. The number of hydrogen-bond donors (Lipinski definition) is 0. The average Bonchev–Trinajstić information content (AvgIpc) is 2.76. The van der Waals surface area contributed by atoms with Gasteiger partial charge in [-0.1, -0.05) is 40.9 Å². The average molecular weight is 290 g/mol. The van der Waals surface area contributed by atoms with E-state index in [0.29, 0.717) is 16.6 Å². The number of rotatable bonds is 2. The van der Waals surface area contributed by atoms with E-state index in [0.717, 1.165) is 5.56 Å². The van der Waals surface area contributed by atoms with Gasteiger partial charge in [0.2, 0.25) is 0 Å². The van der Waals surface area contributed by atoms with Gasteiger partial charge in [-0.2, -0.15) is 0 Å². The molecule has 0 radical (unpaired) electrons. The Balaban J connectivity index is 2.06. The van der Waals surface area contributed by atoms with Crippen molar-refractivity contribution in [2.45, 2.75) is 13.5 Å². The Morgan fingerprint density at radius 3 is 2.47 bits per heavy atom. The fraction of sp³-hybridized carbons (Fsp3) is 0.125. The predicted molar refractivity (Wildman–Crippen MR) is 82.2 cm³/mol. The first-order chi connectivity index (χ1) is 9.15. The number of halogens is 2. The van der Waals surface area contributed by atoms with E-state index >= 15 is 0 Å². The van der Waals surface area contributed by atoms with Gasteiger partial charge in [0.25, 0.3) is 0 Å².